The third-order valence-electron chi connectivity index (χ3n) is 4.52. The molecule has 8 heteroatoms. The van der Waals surface area contributed by atoms with E-state index in [0.29, 0.717) is 49.9 Å². The second kappa shape index (κ2) is 5.92. The minimum atomic E-state index is -3.25. The Morgan fingerprint density at radius 1 is 1.26 bits per heavy atom. The number of carbonyl (C=O) groups excluding carboxylic acids is 1. The van der Waals surface area contributed by atoms with Crippen LogP contribution in [0, 0.1) is 19.8 Å². The maximum atomic E-state index is 12.7. The number of rotatable bonds is 2. The first-order valence-corrected chi connectivity index (χ1v) is 9.53. The van der Waals surface area contributed by atoms with Gasteiger partial charge in [-0.1, -0.05) is 0 Å². The summed E-state index contributed by atoms with van der Waals surface area (Å²) in [6, 6.07) is 1.75. The summed E-state index contributed by atoms with van der Waals surface area (Å²) in [5.41, 5.74) is 0.568. The van der Waals surface area contributed by atoms with Crippen molar-refractivity contribution in [1.29, 1.82) is 0 Å². The summed E-state index contributed by atoms with van der Waals surface area (Å²) in [7, 11) is -3.25. The fourth-order valence-electron chi connectivity index (χ4n) is 3.34. The van der Waals surface area contributed by atoms with E-state index in [9.17, 15) is 13.2 Å². The van der Waals surface area contributed by atoms with E-state index >= 15 is 0 Å². The SMILES string of the molecule is Cc1cc(C(=O)N2C[C@@H]3CN(S(C)(=O)=O)CCO[C@@H]3C2)c(C)o1. The Hall–Kier alpha value is -1.38. The summed E-state index contributed by atoms with van der Waals surface area (Å²) >= 11 is 0. The van der Waals surface area contributed by atoms with Crippen molar-refractivity contribution in [1.82, 2.24) is 9.21 Å². The highest BCUT2D eigenvalue weighted by Crippen LogP contribution is 2.27. The number of hydrogen-bond donors (Lipinski definition) is 0. The molecule has 2 saturated heterocycles. The quantitative estimate of drug-likeness (QED) is 0.787. The highest BCUT2D eigenvalue weighted by Gasteiger charge is 2.40. The van der Waals surface area contributed by atoms with Crippen molar-refractivity contribution >= 4 is 15.9 Å². The Kier molecular flexibility index (Phi) is 4.24. The van der Waals surface area contributed by atoms with Crippen molar-refractivity contribution in [3.8, 4) is 0 Å². The van der Waals surface area contributed by atoms with Gasteiger partial charge in [0.25, 0.3) is 5.91 Å². The van der Waals surface area contributed by atoms with E-state index in [-0.39, 0.29) is 17.9 Å². The van der Waals surface area contributed by atoms with Gasteiger partial charge >= 0.3 is 0 Å². The third-order valence-corrected chi connectivity index (χ3v) is 5.79. The number of likely N-dealkylation sites (tertiary alicyclic amines) is 1. The van der Waals surface area contributed by atoms with E-state index in [1.165, 1.54) is 10.6 Å². The normalized spacial score (nSPS) is 26.1. The molecule has 2 aliphatic rings. The van der Waals surface area contributed by atoms with Crippen LogP contribution >= 0.6 is 0 Å². The van der Waals surface area contributed by atoms with Crippen molar-refractivity contribution in [2.45, 2.75) is 20.0 Å². The zero-order valence-electron chi connectivity index (χ0n) is 13.6. The molecule has 128 valence electrons. The summed E-state index contributed by atoms with van der Waals surface area (Å²) in [6.07, 6.45) is 1.10. The number of sulfonamides is 1. The van der Waals surface area contributed by atoms with Gasteiger partial charge in [-0.3, -0.25) is 4.79 Å². The molecule has 0 aliphatic carbocycles. The third kappa shape index (κ3) is 3.29. The number of fused-ring (bicyclic) bond motifs is 1. The average molecular weight is 342 g/mol. The lowest BCUT2D eigenvalue weighted by Gasteiger charge is -2.21. The summed E-state index contributed by atoms with van der Waals surface area (Å²) in [4.78, 5) is 14.4. The second-order valence-electron chi connectivity index (χ2n) is 6.33. The van der Waals surface area contributed by atoms with Gasteiger partial charge in [0.15, 0.2) is 0 Å². The lowest BCUT2D eigenvalue weighted by atomic mass is 10.1. The van der Waals surface area contributed by atoms with Gasteiger partial charge in [0, 0.05) is 32.1 Å². The summed E-state index contributed by atoms with van der Waals surface area (Å²) in [6.45, 7) is 5.71. The van der Waals surface area contributed by atoms with Crippen LogP contribution in [0.15, 0.2) is 10.5 Å². The second-order valence-corrected chi connectivity index (χ2v) is 8.31. The van der Waals surface area contributed by atoms with Gasteiger partial charge in [-0.05, 0) is 19.9 Å². The first-order chi connectivity index (χ1) is 10.8. The van der Waals surface area contributed by atoms with Crippen LogP contribution < -0.4 is 0 Å². The first kappa shape index (κ1) is 16.5. The maximum Gasteiger partial charge on any atom is 0.257 e. The molecular weight excluding hydrogens is 320 g/mol. The molecule has 2 atom stereocenters. The molecule has 1 amide bonds. The van der Waals surface area contributed by atoms with Crippen LogP contribution in [-0.2, 0) is 14.8 Å². The van der Waals surface area contributed by atoms with E-state index < -0.39 is 10.0 Å². The summed E-state index contributed by atoms with van der Waals surface area (Å²) in [5.74, 6) is 1.24. The molecule has 2 aliphatic heterocycles. The molecular formula is C15H22N2O5S. The van der Waals surface area contributed by atoms with Gasteiger partial charge in [0.1, 0.15) is 11.5 Å². The molecule has 2 fully saturated rings. The molecule has 3 rings (SSSR count). The van der Waals surface area contributed by atoms with Crippen LogP contribution in [-0.4, -0.2) is 68.7 Å². The molecule has 0 radical (unpaired) electrons. The van der Waals surface area contributed by atoms with Gasteiger partial charge in [-0.15, -0.1) is 0 Å². The van der Waals surface area contributed by atoms with E-state index in [1.807, 2.05) is 6.92 Å². The highest BCUT2D eigenvalue weighted by atomic mass is 32.2. The minimum Gasteiger partial charge on any atom is -0.466 e. The monoisotopic (exact) mass is 342 g/mol. The largest absolute Gasteiger partial charge is 0.466 e. The molecule has 0 saturated carbocycles. The average Bonchev–Trinajstić information content (AvgIpc) is 2.93. The van der Waals surface area contributed by atoms with Crippen LogP contribution in [0.1, 0.15) is 21.9 Å². The standard InChI is InChI=1S/C15H22N2O5S/c1-10-6-13(11(2)22-10)15(18)16-7-12-8-17(23(3,19)20)4-5-21-14(12)9-16/h6,12,14H,4-5,7-9H2,1-3H3/t12-,14-/m1/s1. The number of nitrogens with zero attached hydrogens (tertiary/aromatic N) is 2. The fraction of sp³-hybridized carbons (Fsp3) is 0.667. The van der Waals surface area contributed by atoms with Crippen LogP contribution in [0.3, 0.4) is 0 Å². The van der Waals surface area contributed by atoms with Gasteiger partial charge in [0.2, 0.25) is 10.0 Å². The highest BCUT2D eigenvalue weighted by molar-refractivity contribution is 7.88. The summed E-state index contributed by atoms with van der Waals surface area (Å²) in [5, 5.41) is 0. The van der Waals surface area contributed by atoms with Crippen molar-refractivity contribution < 1.29 is 22.4 Å². The maximum absolute atomic E-state index is 12.7. The molecule has 7 nitrogen and oxygen atoms in total. The number of amides is 1. The predicted octanol–water partition coefficient (Wildman–Crippen LogP) is 0.629. The smallest absolute Gasteiger partial charge is 0.257 e. The van der Waals surface area contributed by atoms with Gasteiger partial charge < -0.3 is 14.1 Å². The predicted molar refractivity (Wildman–Crippen MR) is 83.7 cm³/mol. The molecule has 0 N–H and O–H groups in total. The molecule has 0 spiro atoms. The Balaban J connectivity index is 1.75. The Bertz CT molecular complexity index is 711. The van der Waals surface area contributed by atoms with Crippen LogP contribution in [0.4, 0.5) is 0 Å². The van der Waals surface area contributed by atoms with Gasteiger partial charge in [0.05, 0.1) is 24.5 Å². The molecule has 3 heterocycles. The van der Waals surface area contributed by atoms with E-state index in [4.69, 9.17) is 9.15 Å². The first-order valence-electron chi connectivity index (χ1n) is 7.68. The molecule has 0 aromatic carbocycles. The lowest BCUT2D eigenvalue weighted by Crippen LogP contribution is -2.37. The number of ether oxygens (including phenoxy) is 1. The van der Waals surface area contributed by atoms with Crippen LogP contribution in [0.25, 0.3) is 0 Å². The van der Waals surface area contributed by atoms with Gasteiger partial charge in [-0.25, -0.2) is 8.42 Å². The van der Waals surface area contributed by atoms with Crippen LogP contribution in [0.2, 0.25) is 0 Å². The number of aryl methyl sites for hydroxylation is 2. The Morgan fingerprint density at radius 2 is 2.00 bits per heavy atom. The number of hydrogen-bond acceptors (Lipinski definition) is 5. The Morgan fingerprint density at radius 3 is 2.61 bits per heavy atom. The van der Waals surface area contributed by atoms with Crippen molar-refractivity contribution in [3.63, 3.8) is 0 Å². The van der Waals surface area contributed by atoms with Crippen molar-refractivity contribution in [3.05, 3.63) is 23.2 Å². The van der Waals surface area contributed by atoms with Crippen molar-refractivity contribution in [2.75, 3.05) is 39.0 Å². The molecule has 1 aromatic rings. The molecule has 23 heavy (non-hydrogen) atoms. The topological polar surface area (TPSA) is 80.1 Å². The van der Waals surface area contributed by atoms with Crippen LogP contribution in [0.5, 0.6) is 0 Å². The minimum absolute atomic E-state index is 0.00415. The molecule has 1 aromatic heterocycles. The Labute approximate surface area is 136 Å². The van der Waals surface area contributed by atoms with E-state index in [0.717, 1.165) is 0 Å². The lowest BCUT2D eigenvalue weighted by molar-refractivity contribution is 0.0491. The van der Waals surface area contributed by atoms with Gasteiger partial charge in [-0.2, -0.15) is 4.31 Å². The molecule has 0 bridgehead atoms. The fourth-order valence-corrected chi connectivity index (χ4v) is 4.21. The van der Waals surface area contributed by atoms with Crippen molar-refractivity contribution in [2.24, 2.45) is 5.92 Å². The molecule has 0 unspecified atom stereocenters. The van der Waals surface area contributed by atoms with E-state index in [1.54, 1.807) is 17.9 Å². The zero-order valence-corrected chi connectivity index (χ0v) is 14.4. The zero-order chi connectivity index (χ0) is 16.8. The van der Waals surface area contributed by atoms with E-state index in [2.05, 4.69) is 0 Å². The number of carbonyl (C=O) groups is 1. The number of furan rings is 1. The summed E-state index contributed by atoms with van der Waals surface area (Å²) < 4.78 is 36.2.